The Hall–Kier alpha value is -3.27. The van der Waals surface area contributed by atoms with Crippen molar-refractivity contribution in [3.05, 3.63) is 53.6 Å². The molecule has 208 valence electrons. The van der Waals surface area contributed by atoms with Gasteiger partial charge in [0.15, 0.2) is 0 Å². The number of amides is 2. The third-order valence-electron chi connectivity index (χ3n) is 6.89. The van der Waals surface area contributed by atoms with Gasteiger partial charge in [-0.3, -0.25) is 13.9 Å². The highest BCUT2D eigenvalue weighted by Crippen LogP contribution is 2.34. The van der Waals surface area contributed by atoms with E-state index in [1.54, 1.807) is 19.1 Å². The Labute approximate surface area is 226 Å². The Morgan fingerprint density at radius 3 is 2.37 bits per heavy atom. The fourth-order valence-corrected chi connectivity index (χ4v) is 5.59. The second-order valence-electron chi connectivity index (χ2n) is 9.84. The predicted molar refractivity (Wildman–Crippen MR) is 148 cm³/mol. The molecule has 1 atom stereocenters. The minimum Gasteiger partial charge on any atom is -0.497 e. The lowest BCUT2D eigenvalue weighted by Gasteiger charge is -2.33. The third-order valence-corrected chi connectivity index (χ3v) is 8.01. The minimum absolute atomic E-state index is 0.0863. The Kier molecular flexibility index (Phi) is 10.0. The van der Waals surface area contributed by atoms with Crippen molar-refractivity contribution in [2.75, 3.05) is 31.3 Å². The number of hydrogen-bond acceptors (Lipinski definition) is 6. The van der Waals surface area contributed by atoms with Crippen molar-refractivity contribution in [3.63, 3.8) is 0 Å². The zero-order valence-electron chi connectivity index (χ0n) is 22.9. The van der Waals surface area contributed by atoms with Crippen molar-refractivity contribution in [2.24, 2.45) is 0 Å². The second-order valence-corrected chi connectivity index (χ2v) is 11.7. The van der Waals surface area contributed by atoms with E-state index >= 15 is 0 Å². The van der Waals surface area contributed by atoms with Gasteiger partial charge in [0.2, 0.25) is 21.8 Å². The van der Waals surface area contributed by atoms with Crippen molar-refractivity contribution in [3.8, 4) is 11.5 Å². The molecule has 0 aliphatic heterocycles. The molecule has 0 unspecified atom stereocenters. The molecule has 3 rings (SSSR count). The number of aryl methyl sites for hydroxylation is 1. The molecular weight excluding hydrogens is 506 g/mol. The quantitative estimate of drug-likeness (QED) is 0.462. The van der Waals surface area contributed by atoms with Crippen LogP contribution in [-0.4, -0.2) is 64.2 Å². The van der Waals surface area contributed by atoms with Crippen molar-refractivity contribution >= 4 is 27.5 Å². The number of nitrogens with zero attached hydrogens (tertiary/aromatic N) is 2. The van der Waals surface area contributed by atoms with Crippen molar-refractivity contribution in [1.29, 1.82) is 0 Å². The summed E-state index contributed by atoms with van der Waals surface area (Å²) < 4.78 is 37.5. The van der Waals surface area contributed by atoms with Gasteiger partial charge in [-0.2, -0.15) is 0 Å². The molecule has 0 spiro atoms. The van der Waals surface area contributed by atoms with Gasteiger partial charge in [0.1, 0.15) is 24.1 Å². The average molecular weight is 546 g/mol. The number of carbonyl (C=O) groups is 2. The number of rotatable bonds is 11. The standard InChI is InChI=1S/C28H39N3O6S/c1-20-10-9-11-22(16-20)18-30(21(2)28(33)29-23-12-7-6-8-13-23)27(32)19-31(38(5,34)35)25-17-24(36-3)14-15-26(25)37-4/h9-11,14-17,21,23H,6-8,12-13,18-19H2,1-5H3,(H,29,33)/t21-/m1/s1. The number of benzene rings is 2. The van der Waals surface area contributed by atoms with Crippen LogP contribution >= 0.6 is 0 Å². The first-order valence-electron chi connectivity index (χ1n) is 12.9. The number of carbonyl (C=O) groups excluding carboxylic acids is 2. The monoisotopic (exact) mass is 545 g/mol. The van der Waals surface area contributed by atoms with Gasteiger partial charge in [-0.25, -0.2) is 8.42 Å². The largest absolute Gasteiger partial charge is 0.497 e. The Bertz CT molecular complexity index is 1230. The molecule has 1 fully saturated rings. The number of sulfonamides is 1. The number of hydrogen-bond donors (Lipinski definition) is 1. The van der Waals surface area contributed by atoms with Crippen LogP contribution in [0.3, 0.4) is 0 Å². The van der Waals surface area contributed by atoms with Crippen molar-refractivity contribution < 1.29 is 27.5 Å². The highest BCUT2D eigenvalue weighted by molar-refractivity contribution is 7.92. The summed E-state index contributed by atoms with van der Waals surface area (Å²) in [6.45, 7) is 3.29. The van der Waals surface area contributed by atoms with Gasteiger partial charge in [0.25, 0.3) is 0 Å². The molecule has 1 N–H and O–H groups in total. The zero-order valence-corrected chi connectivity index (χ0v) is 23.7. The molecule has 0 radical (unpaired) electrons. The van der Waals surface area contributed by atoms with E-state index in [9.17, 15) is 18.0 Å². The fraction of sp³-hybridized carbons (Fsp3) is 0.500. The number of ether oxygens (including phenoxy) is 2. The molecule has 1 saturated carbocycles. The Balaban J connectivity index is 1.93. The summed E-state index contributed by atoms with van der Waals surface area (Å²) in [5.41, 5.74) is 2.05. The first-order chi connectivity index (χ1) is 18.0. The van der Waals surface area contributed by atoms with Gasteiger partial charge in [0, 0.05) is 18.7 Å². The van der Waals surface area contributed by atoms with Crippen LogP contribution in [0.1, 0.15) is 50.2 Å². The maximum atomic E-state index is 13.8. The lowest BCUT2D eigenvalue weighted by molar-refractivity contribution is -0.139. The van der Waals surface area contributed by atoms with Crippen LogP contribution in [-0.2, 0) is 26.2 Å². The zero-order chi connectivity index (χ0) is 27.9. The lowest BCUT2D eigenvalue weighted by Crippen LogP contribution is -2.53. The Morgan fingerprint density at radius 1 is 1.05 bits per heavy atom. The fourth-order valence-electron chi connectivity index (χ4n) is 4.74. The summed E-state index contributed by atoms with van der Waals surface area (Å²) in [6.07, 6.45) is 6.16. The SMILES string of the molecule is COc1ccc(OC)c(N(CC(=O)N(Cc2cccc(C)c2)[C@H](C)C(=O)NC2CCCCC2)S(C)(=O)=O)c1. The van der Waals surface area contributed by atoms with Gasteiger partial charge < -0.3 is 19.7 Å². The van der Waals surface area contributed by atoms with Gasteiger partial charge >= 0.3 is 0 Å². The van der Waals surface area contributed by atoms with E-state index < -0.39 is 28.5 Å². The highest BCUT2D eigenvalue weighted by Gasteiger charge is 2.32. The highest BCUT2D eigenvalue weighted by atomic mass is 32.2. The summed E-state index contributed by atoms with van der Waals surface area (Å²) in [4.78, 5) is 28.5. The van der Waals surface area contributed by atoms with E-state index in [1.807, 2.05) is 31.2 Å². The number of anilines is 1. The topological polar surface area (TPSA) is 105 Å². The van der Waals surface area contributed by atoms with Crippen LogP contribution in [0.2, 0.25) is 0 Å². The van der Waals surface area contributed by atoms with Crippen LogP contribution in [0.25, 0.3) is 0 Å². The van der Waals surface area contributed by atoms with Crippen LogP contribution in [0, 0.1) is 6.92 Å². The van der Waals surface area contributed by atoms with Gasteiger partial charge in [-0.05, 0) is 44.4 Å². The molecule has 38 heavy (non-hydrogen) atoms. The van der Waals surface area contributed by atoms with E-state index in [2.05, 4.69) is 5.32 Å². The summed E-state index contributed by atoms with van der Waals surface area (Å²) >= 11 is 0. The molecule has 0 bridgehead atoms. The first kappa shape index (κ1) is 29.3. The molecule has 0 heterocycles. The molecule has 1 aliphatic rings. The third kappa shape index (κ3) is 7.63. The van der Waals surface area contributed by atoms with Gasteiger partial charge in [0.05, 0.1) is 26.2 Å². The average Bonchev–Trinajstić information content (AvgIpc) is 2.89. The lowest BCUT2D eigenvalue weighted by atomic mass is 9.95. The van der Waals surface area contributed by atoms with Crippen LogP contribution in [0.5, 0.6) is 11.5 Å². The van der Waals surface area contributed by atoms with Gasteiger partial charge in [-0.15, -0.1) is 0 Å². The number of nitrogens with one attached hydrogen (secondary N) is 1. The van der Waals surface area contributed by atoms with Crippen LogP contribution in [0.15, 0.2) is 42.5 Å². The minimum atomic E-state index is -3.90. The normalized spacial score (nSPS) is 14.9. The van der Waals surface area contributed by atoms with E-state index in [-0.39, 0.29) is 29.9 Å². The molecule has 2 aromatic rings. The first-order valence-corrected chi connectivity index (χ1v) is 14.7. The molecule has 1 aliphatic carbocycles. The molecule has 2 amide bonds. The maximum absolute atomic E-state index is 13.8. The summed E-state index contributed by atoms with van der Waals surface area (Å²) in [7, 11) is -1.01. The summed E-state index contributed by atoms with van der Waals surface area (Å²) in [5, 5.41) is 3.10. The summed E-state index contributed by atoms with van der Waals surface area (Å²) in [6, 6.07) is 11.7. The smallest absolute Gasteiger partial charge is 0.244 e. The van der Waals surface area contributed by atoms with E-state index in [0.717, 1.165) is 53.8 Å². The second kappa shape index (κ2) is 13.0. The molecule has 2 aromatic carbocycles. The van der Waals surface area contributed by atoms with E-state index in [0.29, 0.717) is 5.75 Å². The van der Waals surface area contributed by atoms with Crippen molar-refractivity contribution in [2.45, 2.75) is 64.6 Å². The van der Waals surface area contributed by atoms with Crippen LogP contribution < -0.4 is 19.1 Å². The molecule has 9 nitrogen and oxygen atoms in total. The van der Waals surface area contributed by atoms with Crippen molar-refractivity contribution in [1.82, 2.24) is 10.2 Å². The molecule has 0 saturated heterocycles. The Morgan fingerprint density at radius 2 is 1.76 bits per heavy atom. The molecular formula is C28H39N3O6S. The van der Waals surface area contributed by atoms with E-state index in [1.165, 1.54) is 25.2 Å². The van der Waals surface area contributed by atoms with E-state index in [4.69, 9.17) is 9.47 Å². The van der Waals surface area contributed by atoms with Gasteiger partial charge in [-0.1, -0.05) is 49.1 Å². The molecule has 0 aromatic heterocycles. The predicted octanol–water partition coefficient (Wildman–Crippen LogP) is 3.64. The number of methoxy groups -OCH3 is 2. The summed E-state index contributed by atoms with van der Waals surface area (Å²) in [5.74, 6) is -0.0630. The van der Waals surface area contributed by atoms with Crippen LogP contribution in [0.4, 0.5) is 5.69 Å². The maximum Gasteiger partial charge on any atom is 0.244 e. The molecule has 10 heteroatoms.